The molecule has 1 N–H and O–H groups in total. The lowest BCUT2D eigenvalue weighted by atomic mass is 10.2. The maximum absolute atomic E-state index is 10.4. The molecule has 100 valence electrons. The van der Waals surface area contributed by atoms with Gasteiger partial charge in [0.1, 0.15) is 10.9 Å². The molecule has 0 aromatic heterocycles. The van der Waals surface area contributed by atoms with E-state index in [1.807, 2.05) is 30.3 Å². The summed E-state index contributed by atoms with van der Waals surface area (Å²) in [7, 11) is 1.61. The number of hydrazone groups is 1. The molecule has 1 aromatic carbocycles. The van der Waals surface area contributed by atoms with Crippen molar-refractivity contribution in [2.24, 2.45) is 5.10 Å². The number of methoxy groups -OCH3 is 1. The molecule has 0 spiro atoms. The van der Waals surface area contributed by atoms with Crippen molar-refractivity contribution >= 4 is 12.0 Å². The first-order valence-electron chi connectivity index (χ1n) is 5.75. The minimum atomic E-state index is -0.706. The first-order valence-corrected chi connectivity index (χ1v) is 5.75. The van der Waals surface area contributed by atoms with Gasteiger partial charge in [0.05, 0.1) is 7.11 Å². The van der Waals surface area contributed by atoms with Crippen LogP contribution in [0.1, 0.15) is 5.56 Å². The summed E-state index contributed by atoms with van der Waals surface area (Å²) in [5, 5.41) is 15.8. The van der Waals surface area contributed by atoms with E-state index in [1.165, 1.54) is 0 Å². The molecule has 7 heteroatoms. The average molecular weight is 262 g/mol. The van der Waals surface area contributed by atoms with Crippen LogP contribution in [-0.4, -0.2) is 36.1 Å². The molecule has 0 saturated carbocycles. The number of ether oxygens (including phenoxy) is 1. The monoisotopic (exact) mass is 262 g/mol. The Labute approximate surface area is 110 Å². The van der Waals surface area contributed by atoms with Gasteiger partial charge in [0, 0.05) is 19.3 Å². The smallest absolute Gasteiger partial charge is 0.275 e. The summed E-state index contributed by atoms with van der Waals surface area (Å²) in [6.07, 6.45) is 3.63. The summed E-state index contributed by atoms with van der Waals surface area (Å²) in [5.74, 6) is 1.05. The van der Waals surface area contributed by atoms with Crippen LogP contribution in [0.25, 0.3) is 6.08 Å². The number of nitrogens with one attached hydrogen (secondary N) is 1. The van der Waals surface area contributed by atoms with Gasteiger partial charge in [-0.3, -0.25) is 0 Å². The number of benzene rings is 1. The van der Waals surface area contributed by atoms with Crippen LogP contribution < -0.4 is 10.1 Å². The Bertz CT molecular complexity index is 510. The minimum Gasteiger partial charge on any atom is -0.497 e. The molecular weight excluding hydrogens is 248 g/mol. The first-order chi connectivity index (χ1) is 9.19. The highest BCUT2D eigenvalue weighted by Crippen LogP contribution is 2.13. The molecule has 1 aliphatic heterocycles. The van der Waals surface area contributed by atoms with Gasteiger partial charge in [0.25, 0.3) is 5.96 Å². The number of hydrogen-bond acceptors (Lipinski definition) is 3. The summed E-state index contributed by atoms with van der Waals surface area (Å²) in [6, 6.07) is 7.52. The van der Waals surface area contributed by atoms with Crippen LogP contribution in [0.4, 0.5) is 0 Å². The van der Waals surface area contributed by atoms with Gasteiger partial charge >= 0.3 is 0 Å². The molecule has 0 bridgehead atoms. The van der Waals surface area contributed by atoms with Crippen LogP contribution >= 0.6 is 0 Å². The number of hydrogen-bond donors (Lipinski definition) is 1. The molecule has 0 unspecified atom stereocenters. The van der Waals surface area contributed by atoms with Crippen molar-refractivity contribution in [2.75, 3.05) is 20.2 Å². The van der Waals surface area contributed by atoms with Crippen molar-refractivity contribution < 1.29 is 9.77 Å². The largest absolute Gasteiger partial charge is 0.497 e. The minimum absolute atomic E-state index is 0.259. The first kappa shape index (κ1) is 12.9. The normalized spacial score (nSPS) is 16.9. The lowest BCUT2D eigenvalue weighted by Crippen LogP contribution is -2.26. The third-order valence-electron chi connectivity index (χ3n) is 2.65. The van der Waals surface area contributed by atoms with Crippen molar-refractivity contribution in [3.63, 3.8) is 0 Å². The SMILES string of the molecule is COc1ccc(C=CN2CCNC2=N[N+](=O)[O-])cc1. The quantitative estimate of drug-likeness (QED) is 0.649. The van der Waals surface area contributed by atoms with Crippen LogP contribution in [0.3, 0.4) is 0 Å². The van der Waals surface area contributed by atoms with Gasteiger partial charge < -0.3 is 15.0 Å². The summed E-state index contributed by atoms with van der Waals surface area (Å²) in [5.41, 5.74) is 0.980. The number of nitro groups is 1. The Kier molecular flexibility index (Phi) is 3.97. The highest BCUT2D eigenvalue weighted by atomic mass is 16.7. The van der Waals surface area contributed by atoms with Crippen molar-refractivity contribution in [1.82, 2.24) is 10.2 Å². The third-order valence-corrected chi connectivity index (χ3v) is 2.65. The molecule has 1 aromatic rings. The lowest BCUT2D eigenvalue weighted by molar-refractivity contribution is -0.485. The fourth-order valence-electron chi connectivity index (χ4n) is 1.70. The second kappa shape index (κ2) is 5.85. The fourth-order valence-corrected chi connectivity index (χ4v) is 1.70. The van der Waals surface area contributed by atoms with Crippen LogP contribution in [0, 0.1) is 10.1 Å². The zero-order chi connectivity index (χ0) is 13.7. The van der Waals surface area contributed by atoms with Gasteiger partial charge in [0.15, 0.2) is 5.03 Å². The molecule has 19 heavy (non-hydrogen) atoms. The fraction of sp³-hybridized carbons (Fsp3) is 0.250. The van der Waals surface area contributed by atoms with Crippen LogP contribution in [-0.2, 0) is 0 Å². The molecule has 2 rings (SSSR count). The number of guanidine groups is 1. The van der Waals surface area contributed by atoms with Crippen molar-refractivity contribution in [1.29, 1.82) is 0 Å². The second-order valence-corrected chi connectivity index (χ2v) is 3.87. The Morgan fingerprint density at radius 3 is 2.84 bits per heavy atom. The summed E-state index contributed by atoms with van der Waals surface area (Å²) >= 11 is 0. The van der Waals surface area contributed by atoms with E-state index in [-0.39, 0.29) is 5.96 Å². The predicted octanol–water partition coefficient (Wildman–Crippen LogP) is 1.12. The highest BCUT2D eigenvalue weighted by molar-refractivity contribution is 5.82. The summed E-state index contributed by atoms with van der Waals surface area (Å²) in [4.78, 5) is 12.1. The van der Waals surface area contributed by atoms with Gasteiger partial charge in [-0.2, -0.15) is 0 Å². The molecule has 1 aliphatic rings. The van der Waals surface area contributed by atoms with E-state index in [2.05, 4.69) is 10.4 Å². The molecule has 0 amide bonds. The topological polar surface area (TPSA) is 80.0 Å². The molecule has 0 radical (unpaired) electrons. The third kappa shape index (κ3) is 3.44. The highest BCUT2D eigenvalue weighted by Gasteiger charge is 2.18. The molecule has 1 saturated heterocycles. The Morgan fingerprint density at radius 1 is 1.47 bits per heavy atom. The van der Waals surface area contributed by atoms with Gasteiger partial charge in [-0.1, -0.05) is 12.1 Å². The van der Waals surface area contributed by atoms with Crippen molar-refractivity contribution in [3.05, 3.63) is 46.1 Å². The molecule has 1 fully saturated rings. The second-order valence-electron chi connectivity index (χ2n) is 3.87. The zero-order valence-corrected chi connectivity index (χ0v) is 10.4. The van der Waals surface area contributed by atoms with Gasteiger partial charge in [-0.15, -0.1) is 0 Å². The Hall–Kier alpha value is -2.57. The Balaban J connectivity index is 2.06. The zero-order valence-electron chi connectivity index (χ0n) is 10.4. The van der Waals surface area contributed by atoms with Gasteiger partial charge in [-0.05, 0) is 23.8 Å². The van der Waals surface area contributed by atoms with E-state index in [0.29, 0.717) is 13.1 Å². The molecular formula is C12H14N4O3. The van der Waals surface area contributed by atoms with Crippen molar-refractivity contribution in [2.45, 2.75) is 0 Å². The number of rotatable bonds is 4. The maximum Gasteiger partial charge on any atom is 0.275 e. The standard InChI is InChI=1S/C12H14N4O3/c1-19-11-4-2-10(3-5-11)6-8-15-9-7-13-12(15)14-16(17)18/h2-6,8H,7,9H2,1H3,(H,13,14). The molecule has 7 nitrogen and oxygen atoms in total. The maximum atomic E-state index is 10.4. The predicted molar refractivity (Wildman–Crippen MR) is 71.2 cm³/mol. The molecule has 0 aliphatic carbocycles. The van der Waals surface area contributed by atoms with E-state index in [4.69, 9.17) is 4.74 Å². The van der Waals surface area contributed by atoms with E-state index in [1.54, 1.807) is 18.2 Å². The van der Waals surface area contributed by atoms with E-state index >= 15 is 0 Å². The van der Waals surface area contributed by atoms with E-state index in [9.17, 15) is 10.1 Å². The lowest BCUT2D eigenvalue weighted by Gasteiger charge is -2.08. The molecule has 0 atom stereocenters. The average Bonchev–Trinajstić information content (AvgIpc) is 2.83. The van der Waals surface area contributed by atoms with E-state index < -0.39 is 5.03 Å². The van der Waals surface area contributed by atoms with Gasteiger partial charge in [-0.25, -0.2) is 10.1 Å². The summed E-state index contributed by atoms with van der Waals surface area (Å²) in [6.45, 7) is 1.29. The Morgan fingerprint density at radius 2 is 2.21 bits per heavy atom. The van der Waals surface area contributed by atoms with Crippen LogP contribution in [0.15, 0.2) is 35.6 Å². The number of nitrogens with zero attached hydrogens (tertiary/aromatic N) is 3. The van der Waals surface area contributed by atoms with E-state index in [0.717, 1.165) is 11.3 Å². The van der Waals surface area contributed by atoms with Crippen molar-refractivity contribution in [3.8, 4) is 5.75 Å². The van der Waals surface area contributed by atoms with Crippen LogP contribution in [0.2, 0.25) is 0 Å². The summed E-state index contributed by atoms with van der Waals surface area (Å²) < 4.78 is 5.07. The van der Waals surface area contributed by atoms with Crippen LogP contribution in [0.5, 0.6) is 5.75 Å². The van der Waals surface area contributed by atoms with Gasteiger partial charge in [0.2, 0.25) is 0 Å². The molecule has 1 heterocycles.